The van der Waals surface area contributed by atoms with Gasteiger partial charge in [0.05, 0.1) is 12.1 Å². The van der Waals surface area contributed by atoms with Crippen molar-refractivity contribution in [2.45, 2.75) is 71.3 Å². The first-order valence-electron chi connectivity index (χ1n) is 8.78. The van der Waals surface area contributed by atoms with Crippen LogP contribution in [-0.4, -0.2) is 51.6 Å². The number of amides is 1. The largest absolute Gasteiger partial charge is 0.390 e. The summed E-state index contributed by atoms with van der Waals surface area (Å²) < 4.78 is 0. The highest BCUT2D eigenvalue weighted by atomic mass is 35.5. The zero-order valence-electron chi connectivity index (χ0n) is 15.1. The third-order valence-corrected chi connectivity index (χ3v) is 5.21. The molecule has 0 bridgehead atoms. The van der Waals surface area contributed by atoms with Crippen LogP contribution in [0, 0.1) is 0 Å². The number of carbonyl (C=O) groups is 1. The lowest BCUT2D eigenvalue weighted by atomic mass is 10.1. The quantitative estimate of drug-likeness (QED) is 0.818. The molecule has 0 aromatic heterocycles. The minimum atomic E-state index is -0.552. The van der Waals surface area contributed by atoms with Gasteiger partial charge in [-0.05, 0) is 45.7 Å². The van der Waals surface area contributed by atoms with Gasteiger partial charge in [-0.3, -0.25) is 9.69 Å². The molecule has 1 N–H and O–H groups in total. The van der Waals surface area contributed by atoms with E-state index in [4.69, 9.17) is 11.6 Å². The summed E-state index contributed by atoms with van der Waals surface area (Å²) in [6.45, 7) is 9.57. The minimum absolute atomic E-state index is 0.0969. The highest BCUT2D eigenvalue weighted by Crippen LogP contribution is 2.27. The molecule has 24 heavy (non-hydrogen) atoms. The molecule has 1 amide bonds. The Bertz CT molecular complexity index is 554. The maximum Gasteiger partial charge on any atom is 0.223 e. The fraction of sp³-hybridized carbons (Fsp3) is 0.632. The molecule has 1 fully saturated rings. The summed E-state index contributed by atoms with van der Waals surface area (Å²) in [6.07, 6.45) is 0.646. The van der Waals surface area contributed by atoms with Crippen molar-refractivity contribution in [3.8, 4) is 0 Å². The molecule has 134 valence electrons. The van der Waals surface area contributed by atoms with Crippen molar-refractivity contribution in [2.75, 3.05) is 6.54 Å². The lowest BCUT2D eigenvalue weighted by molar-refractivity contribution is -0.131. The molecule has 2 atom stereocenters. The molecule has 0 saturated carbocycles. The number of aliphatic hydroxyl groups excluding tert-OH is 1. The van der Waals surface area contributed by atoms with E-state index in [-0.39, 0.29) is 11.9 Å². The normalized spacial score (nSPS) is 19.8. The molecule has 0 aliphatic carbocycles. The van der Waals surface area contributed by atoms with E-state index < -0.39 is 6.10 Å². The number of aliphatic hydroxyl groups is 1. The van der Waals surface area contributed by atoms with Gasteiger partial charge >= 0.3 is 0 Å². The molecule has 1 aliphatic heterocycles. The number of carbonyl (C=O) groups excluding carboxylic acids is 1. The zero-order chi connectivity index (χ0) is 17.9. The molecule has 4 nitrogen and oxygen atoms in total. The van der Waals surface area contributed by atoms with Gasteiger partial charge in [-0.2, -0.15) is 0 Å². The fourth-order valence-corrected chi connectivity index (χ4v) is 3.72. The van der Waals surface area contributed by atoms with E-state index >= 15 is 0 Å². The molecule has 1 unspecified atom stereocenters. The highest BCUT2D eigenvalue weighted by Gasteiger charge is 2.37. The van der Waals surface area contributed by atoms with Crippen LogP contribution in [0.5, 0.6) is 0 Å². The minimum Gasteiger partial charge on any atom is -0.390 e. The maximum atomic E-state index is 12.3. The van der Waals surface area contributed by atoms with E-state index in [1.807, 2.05) is 24.3 Å². The fourth-order valence-electron chi connectivity index (χ4n) is 3.53. The molecule has 1 aromatic rings. The van der Waals surface area contributed by atoms with Gasteiger partial charge in [-0.15, -0.1) is 0 Å². The van der Waals surface area contributed by atoms with Crippen LogP contribution in [0.4, 0.5) is 0 Å². The van der Waals surface area contributed by atoms with Crippen molar-refractivity contribution in [1.82, 2.24) is 9.80 Å². The van der Waals surface area contributed by atoms with Gasteiger partial charge in [0.1, 0.15) is 0 Å². The Morgan fingerprint density at radius 3 is 2.46 bits per heavy atom. The Morgan fingerprint density at radius 2 is 1.88 bits per heavy atom. The second kappa shape index (κ2) is 8.32. The van der Waals surface area contributed by atoms with Crippen molar-refractivity contribution in [2.24, 2.45) is 0 Å². The molecule has 1 heterocycles. The molecule has 2 rings (SSSR count). The van der Waals surface area contributed by atoms with E-state index in [2.05, 4.69) is 32.6 Å². The van der Waals surface area contributed by atoms with Crippen LogP contribution >= 0.6 is 11.6 Å². The monoisotopic (exact) mass is 352 g/mol. The number of benzene rings is 1. The van der Waals surface area contributed by atoms with Gasteiger partial charge in [0.25, 0.3) is 0 Å². The Balaban J connectivity index is 2.10. The van der Waals surface area contributed by atoms with Crippen molar-refractivity contribution >= 4 is 17.5 Å². The third kappa shape index (κ3) is 4.50. The Labute approximate surface area is 150 Å². The van der Waals surface area contributed by atoms with E-state index in [9.17, 15) is 9.90 Å². The van der Waals surface area contributed by atoms with Gasteiger partial charge in [-0.25, -0.2) is 0 Å². The van der Waals surface area contributed by atoms with E-state index in [1.54, 1.807) is 4.90 Å². The van der Waals surface area contributed by atoms with E-state index in [0.29, 0.717) is 43.0 Å². The summed E-state index contributed by atoms with van der Waals surface area (Å²) in [5.74, 6) is 0.0969. The average Bonchev–Trinajstić information content (AvgIpc) is 2.87. The number of rotatable bonds is 7. The van der Waals surface area contributed by atoms with Crippen LogP contribution in [-0.2, 0) is 11.3 Å². The summed E-state index contributed by atoms with van der Waals surface area (Å²) in [5.41, 5.74) is 0.927. The molecule has 1 saturated heterocycles. The first-order valence-corrected chi connectivity index (χ1v) is 9.15. The molecular formula is C19H29ClN2O2. The first-order chi connectivity index (χ1) is 11.3. The Morgan fingerprint density at radius 1 is 1.25 bits per heavy atom. The number of likely N-dealkylation sites (tertiary alicyclic amines) is 1. The Kier molecular flexibility index (Phi) is 6.67. The second-order valence-electron chi connectivity index (χ2n) is 7.17. The van der Waals surface area contributed by atoms with Crippen LogP contribution in [0.25, 0.3) is 0 Å². The lowest BCUT2D eigenvalue weighted by Crippen LogP contribution is -2.49. The standard InChI is InChI=1S/C19H29ClN2O2/c1-13(2)21(14(3)4)12-18(23)17-9-10-19(24)22(17)11-15-7-5-6-8-16(15)20/h5-8,13-14,17-18,23H,9-12H2,1-4H3/t17-,18?/m0/s1. The molecule has 1 aliphatic rings. The third-order valence-electron chi connectivity index (χ3n) is 4.84. The summed E-state index contributed by atoms with van der Waals surface area (Å²) in [4.78, 5) is 16.4. The van der Waals surface area contributed by atoms with E-state index in [1.165, 1.54) is 0 Å². The summed E-state index contributed by atoms with van der Waals surface area (Å²) in [7, 11) is 0. The summed E-state index contributed by atoms with van der Waals surface area (Å²) in [5, 5.41) is 11.4. The van der Waals surface area contributed by atoms with Crippen LogP contribution < -0.4 is 0 Å². The second-order valence-corrected chi connectivity index (χ2v) is 7.58. The van der Waals surface area contributed by atoms with Crippen LogP contribution in [0.1, 0.15) is 46.1 Å². The van der Waals surface area contributed by atoms with Crippen molar-refractivity contribution in [3.05, 3.63) is 34.9 Å². The average molecular weight is 353 g/mol. The molecular weight excluding hydrogens is 324 g/mol. The van der Waals surface area contributed by atoms with Crippen LogP contribution in [0.3, 0.4) is 0 Å². The lowest BCUT2D eigenvalue weighted by Gasteiger charge is -2.36. The van der Waals surface area contributed by atoms with Crippen molar-refractivity contribution < 1.29 is 9.90 Å². The van der Waals surface area contributed by atoms with Crippen molar-refractivity contribution in [3.63, 3.8) is 0 Å². The molecule has 0 spiro atoms. The predicted molar refractivity (Wildman–Crippen MR) is 98.0 cm³/mol. The number of hydrogen-bond acceptors (Lipinski definition) is 3. The van der Waals surface area contributed by atoms with E-state index in [0.717, 1.165) is 5.56 Å². The van der Waals surface area contributed by atoms with Crippen LogP contribution in [0.15, 0.2) is 24.3 Å². The van der Waals surface area contributed by atoms with Gasteiger partial charge in [0.15, 0.2) is 0 Å². The first kappa shape index (κ1) is 19.2. The molecule has 1 aromatic carbocycles. The number of hydrogen-bond donors (Lipinski definition) is 1. The summed E-state index contributed by atoms with van der Waals surface area (Å²) in [6, 6.07) is 8.14. The zero-order valence-corrected chi connectivity index (χ0v) is 15.8. The predicted octanol–water partition coefficient (Wildman–Crippen LogP) is 3.31. The topological polar surface area (TPSA) is 43.8 Å². The highest BCUT2D eigenvalue weighted by molar-refractivity contribution is 6.31. The van der Waals surface area contributed by atoms with Gasteiger partial charge in [0, 0.05) is 36.6 Å². The smallest absolute Gasteiger partial charge is 0.223 e. The van der Waals surface area contributed by atoms with Crippen LogP contribution in [0.2, 0.25) is 5.02 Å². The molecule has 0 radical (unpaired) electrons. The van der Waals surface area contributed by atoms with Crippen molar-refractivity contribution in [1.29, 1.82) is 0 Å². The summed E-state index contributed by atoms with van der Waals surface area (Å²) >= 11 is 6.24. The number of halogens is 1. The Hall–Kier alpha value is -1.10. The number of nitrogens with zero attached hydrogens (tertiary/aromatic N) is 2. The SMILES string of the molecule is CC(C)N(CC(O)[C@@H]1CCC(=O)N1Cc1ccccc1Cl)C(C)C. The van der Waals surface area contributed by atoms with Gasteiger partial charge < -0.3 is 10.0 Å². The maximum absolute atomic E-state index is 12.3. The molecule has 5 heteroatoms. The van der Waals surface area contributed by atoms with Gasteiger partial charge in [0.2, 0.25) is 5.91 Å². The van der Waals surface area contributed by atoms with Gasteiger partial charge in [-0.1, -0.05) is 29.8 Å².